The van der Waals surface area contributed by atoms with Crippen LogP contribution in [0.1, 0.15) is 45.4 Å². The summed E-state index contributed by atoms with van der Waals surface area (Å²) in [6.07, 6.45) is 6.75. The van der Waals surface area contributed by atoms with E-state index in [9.17, 15) is 4.79 Å². The molecule has 0 atom stereocenters. The van der Waals surface area contributed by atoms with E-state index in [-0.39, 0.29) is 0 Å². The van der Waals surface area contributed by atoms with Crippen molar-refractivity contribution < 1.29 is 4.79 Å². The minimum atomic E-state index is 0.365. The van der Waals surface area contributed by atoms with Gasteiger partial charge >= 0.3 is 0 Å². The van der Waals surface area contributed by atoms with Gasteiger partial charge in [-0.1, -0.05) is 6.92 Å². The topological polar surface area (TPSA) is 26.8 Å². The first-order valence-corrected chi connectivity index (χ1v) is 7.59. The molecule has 2 aliphatic rings. The van der Waals surface area contributed by atoms with Crippen molar-refractivity contribution in [1.29, 1.82) is 0 Å². The molecule has 0 aromatic rings. The lowest BCUT2D eigenvalue weighted by Crippen LogP contribution is -2.38. The third-order valence-electron chi connectivity index (χ3n) is 3.98. The van der Waals surface area contributed by atoms with Crippen molar-refractivity contribution in [3.63, 3.8) is 0 Å². The average Bonchev–Trinajstić information content (AvgIpc) is 2.95. The third-order valence-corrected chi connectivity index (χ3v) is 3.98. The fourth-order valence-electron chi connectivity index (χ4n) is 3.02. The highest BCUT2D eigenvalue weighted by atomic mass is 16.2. The zero-order chi connectivity index (χ0) is 12.8. The van der Waals surface area contributed by atoms with E-state index in [1.807, 2.05) is 4.90 Å². The van der Waals surface area contributed by atoms with Gasteiger partial charge in [0.15, 0.2) is 0 Å². The van der Waals surface area contributed by atoms with Gasteiger partial charge in [0.25, 0.3) is 0 Å². The second-order valence-electron chi connectivity index (χ2n) is 5.45. The highest BCUT2D eigenvalue weighted by molar-refractivity contribution is 5.77. The molecular weight excluding hydrogens is 226 g/mol. The molecule has 1 amide bonds. The zero-order valence-corrected chi connectivity index (χ0v) is 11.7. The van der Waals surface area contributed by atoms with Crippen LogP contribution in [0, 0.1) is 0 Å². The second kappa shape index (κ2) is 7.10. The molecule has 0 unspecified atom stereocenters. The van der Waals surface area contributed by atoms with Crippen molar-refractivity contribution in [2.75, 3.05) is 39.3 Å². The second-order valence-corrected chi connectivity index (χ2v) is 5.45. The molecule has 2 heterocycles. The maximum absolute atomic E-state index is 11.5. The Hall–Kier alpha value is -0.610. The Balaban J connectivity index is 1.58. The summed E-state index contributed by atoms with van der Waals surface area (Å²) in [6.45, 7) is 9.04. The summed E-state index contributed by atoms with van der Waals surface area (Å²) >= 11 is 0. The van der Waals surface area contributed by atoms with Crippen LogP contribution in [0.5, 0.6) is 0 Å². The molecule has 2 rings (SSSR count). The Bertz CT molecular complexity index is 270. The van der Waals surface area contributed by atoms with E-state index in [2.05, 4.69) is 16.9 Å². The van der Waals surface area contributed by atoms with E-state index in [1.54, 1.807) is 0 Å². The standard InChI is InChI=1S/C14H27N3O/c1-2-8-16-12-6-13-17(16)11-4-3-9-15-10-5-7-14(15)18/h2-13H2,1H3. The number of hydrogen-bond acceptors (Lipinski definition) is 3. The molecule has 0 aromatic heterocycles. The molecule has 18 heavy (non-hydrogen) atoms. The highest BCUT2D eigenvalue weighted by Gasteiger charge is 2.21. The van der Waals surface area contributed by atoms with E-state index >= 15 is 0 Å². The van der Waals surface area contributed by atoms with Crippen LogP contribution in [-0.4, -0.2) is 60.1 Å². The quantitative estimate of drug-likeness (QED) is 0.646. The van der Waals surface area contributed by atoms with Crippen LogP contribution in [-0.2, 0) is 4.79 Å². The van der Waals surface area contributed by atoms with Gasteiger partial charge in [-0.2, -0.15) is 0 Å². The fraction of sp³-hybridized carbons (Fsp3) is 0.929. The number of hydrazine groups is 1. The summed E-state index contributed by atoms with van der Waals surface area (Å²) < 4.78 is 0. The first-order chi connectivity index (χ1) is 8.81. The van der Waals surface area contributed by atoms with E-state index in [0.717, 1.165) is 32.4 Å². The van der Waals surface area contributed by atoms with Crippen LogP contribution in [0.4, 0.5) is 0 Å². The number of nitrogens with zero attached hydrogens (tertiary/aromatic N) is 3. The van der Waals surface area contributed by atoms with Gasteiger partial charge in [-0.15, -0.1) is 0 Å². The molecule has 4 heteroatoms. The predicted molar refractivity (Wildman–Crippen MR) is 73.1 cm³/mol. The number of carbonyl (C=O) groups excluding carboxylic acids is 1. The Morgan fingerprint density at radius 2 is 1.67 bits per heavy atom. The number of unbranched alkanes of at least 4 members (excludes halogenated alkanes) is 1. The molecule has 2 saturated heterocycles. The van der Waals surface area contributed by atoms with Gasteiger partial charge in [-0.05, 0) is 32.1 Å². The molecule has 0 radical (unpaired) electrons. The maximum Gasteiger partial charge on any atom is 0.222 e. The molecule has 0 bridgehead atoms. The summed E-state index contributed by atoms with van der Waals surface area (Å²) in [5.41, 5.74) is 0. The van der Waals surface area contributed by atoms with Gasteiger partial charge < -0.3 is 4.90 Å². The lowest BCUT2D eigenvalue weighted by Gasteiger charge is -2.27. The van der Waals surface area contributed by atoms with Crippen molar-refractivity contribution in [2.24, 2.45) is 0 Å². The monoisotopic (exact) mass is 253 g/mol. The zero-order valence-electron chi connectivity index (χ0n) is 11.7. The Morgan fingerprint density at radius 1 is 0.944 bits per heavy atom. The van der Waals surface area contributed by atoms with E-state index in [1.165, 1.54) is 45.4 Å². The number of likely N-dealkylation sites (tertiary alicyclic amines) is 1. The van der Waals surface area contributed by atoms with Gasteiger partial charge in [0, 0.05) is 45.7 Å². The summed E-state index contributed by atoms with van der Waals surface area (Å²) in [5, 5.41) is 5.01. The lowest BCUT2D eigenvalue weighted by molar-refractivity contribution is -0.127. The van der Waals surface area contributed by atoms with Gasteiger partial charge in [-0.25, -0.2) is 10.0 Å². The molecule has 4 nitrogen and oxygen atoms in total. The van der Waals surface area contributed by atoms with Gasteiger partial charge in [-0.3, -0.25) is 4.79 Å². The van der Waals surface area contributed by atoms with Crippen molar-refractivity contribution in [2.45, 2.75) is 45.4 Å². The Morgan fingerprint density at radius 3 is 2.33 bits per heavy atom. The first-order valence-electron chi connectivity index (χ1n) is 7.59. The van der Waals surface area contributed by atoms with Crippen LogP contribution in [0.25, 0.3) is 0 Å². The number of carbonyl (C=O) groups is 1. The van der Waals surface area contributed by atoms with Crippen molar-refractivity contribution >= 4 is 5.91 Å². The lowest BCUT2D eigenvalue weighted by atomic mass is 10.3. The minimum absolute atomic E-state index is 0.365. The van der Waals surface area contributed by atoms with Crippen molar-refractivity contribution in [3.05, 3.63) is 0 Å². The molecule has 0 aliphatic carbocycles. The molecule has 0 saturated carbocycles. The minimum Gasteiger partial charge on any atom is -0.343 e. The highest BCUT2D eigenvalue weighted by Crippen LogP contribution is 2.13. The summed E-state index contributed by atoms with van der Waals surface area (Å²) in [7, 11) is 0. The van der Waals surface area contributed by atoms with E-state index < -0.39 is 0 Å². The molecular formula is C14H27N3O. The number of rotatable bonds is 7. The Kier molecular flexibility index (Phi) is 5.45. The van der Waals surface area contributed by atoms with Crippen LogP contribution < -0.4 is 0 Å². The van der Waals surface area contributed by atoms with Gasteiger partial charge in [0.2, 0.25) is 5.91 Å². The van der Waals surface area contributed by atoms with Gasteiger partial charge in [0.1, 0.15) is 0 Å². The summed E-state index contributed by atoms with van der Waals surface area (Å²) in [5.74, 6) is 0.365. The molecule has 0 spiro atoms. The molecule has 0 aromatic carbocycles. The Labute approximate surface area is 111 Å². The molecule has 104 valence electrons. The largest absolute Gasteiger partial charge is 0.343 e. The molecule has 0 N–H and O–H groups in total. The molecule has 2 aliphatic heterocycles. The van der Waals surface area contributed by atoms with Crippen LogP contribution in [0.3, 0.4) is 0 Å². The van der Waals surface area contributed by atoms with Crippen LogP contribution in [0.15, 0.2) is 0 Å². The van der Waals surface area contributed by atoms with E-state index in [0.29, 0.717) is 5.91 Å². The maximum atomic E-state index is 11.5. The first kappa shape index (κ1) is 13.8. The molecule has 2 fully saturated rings. The van der Waals surface area contributed by atoms with E-state index in [4.69, 9.17) is 0 Å². The fourth-order valence-corrected chi connectivity index (χ4v) is 3.02. The smallest absolute Gasteiger partial charge is 0.222 e. The summed E-state index contributed by atoms with van der Waals surface area (Å²) in [6, 6.07) is 0. The normalized spacial score (nSPS) is 22.3. The number of amides is 1. The summed E-state index contributed by atoms with van der Waals surface area (Å²) in [4.78, 5) is 13.5. The van der Waals surface area contributed by atoms with Crippen LogP contribution >= 0.6 is 0 Å². The van der Waals surface area contributed by atoms with Crippen molar-refractivity contribution in [1.82, 2.24) is 14.9 Å². The third kappa shape index (κ3) is 3.69. The van der Waals surface area contributed by atoms with Crippen molar-refractivity contribution in [3.8, 4) is 0 Å². The SMILES string of the molecule is CCCN1CCCN1CCCCN1CCCC1=O. The van der Waals surface area contributed by atoms with Gasteiger partial charge in [0.05, 0.1) is 0 Å². The average molecular weight is 253 g/mol. The predicted octanol–water partition coefficient (Wildman–Crippen LogP) is 1.72. The number of hydrogen-bond donors (Lipinski definition) is 0. The van der Waals surface area contributed by atoms with Crippen LogP contribution in [0.2, 0.25) is 0 Å².